The fourth-order valence-electron chi connectivity index (χ4n) is 1.25. The third kappa shape index (κ3) is 7.33. The molecular formula is C11H24N2O2. The van der Waals surface area contributed by atoms with Crippen LogP contribution in [0.3, 0.4) is 0 Å². The van der Waals surface area contributed by atoms with Gasteiger partial charge in [0.15, 0.2) is 0 Å². The molecule has 0 saturated carbocycles. The van der Waals surface area contributed by atoms with Crippen molar-refractivity contribution in [1.82, 2.24) is 4.90 Å². The summed E-state index contributed by atoms with van der Waals surface area (Å²) in [6, 6.07) is 0. The predicted octanol–water partition coefficient (Wildman–Crippen LogP) is 0.856. The third-order valence-electron chi connectivity index (χ3n) is 2.52. The average Bonchev–Trinajstić information content (AvgIpc) is 2.25. The number of carbonyl (C=O) groups excluding carboxylic acids is 1. The van der Waals surface area contributed by atoms with Crippen molar-refractivity contribution in [3.63, 3.8) is 0 Å². The van der Waals surface area contributed by atoms with Gasteiger partial charge in [-0.15, -0.1) is 0 Å². The number of hydrogen-bond acceptors (Lipinski definition) is 3. The summed E-state index contributed by atoms with van der Waals surface area (Å²) < 4.78 is 4.93. The van der Waals surface area contributed by atoms with Gasteiger partial charge in [-0.05, 0) is 25.3 Å². The van der Waals surface area contributed by atoms with Crippen molar-refractivity contribution in [2.45, 2.75) is 26.2 Å². The first-order valence-corrected chi connectivity index (χ1v) is 5.54. The molecule has 0 aromatic rings. The van der Waals surface area contributed by atoms with E-state index in [0.29, 0.717) is 25.5 Å². The highest BCUT2D eigenvalue weighted by Crippen LogP contribution is 2.05. The Hall–Kier alpha value is -0.610. The fourth-order valence-corrected chi connectivity index (χ4v) is 1.25. The molecule has 0 aliphatic heterocycles. The second-order valence-corrected chi connectivity index (χ2v) is 4.04. The Kier molecular flexibility index (Phi) is 8.33. The molecule has 0 aliphatic rings. The van der Waals surface area contributed by atoms with E-state index in [1.54, 1.807) is 12.0 Å². The molecule has 0 radical (unpaired) electrons. The number of rotatable bonds is 8. The summed E-state index contributed by atoms with van der Waals surface area (Å²) in [5.74, 6) is 0.632. The van der Waals surface area contributed by atoms with Gasteiger partial charge in [0.25, 0.3) is 0 Å². The van der Waals surface area contributed by atoms with Gasteiger partial charge in [0.2, 0.25) is 5.91 Å². The van der Waals surface area contributed by atoms with Crippen LogP contribution in [0.1, 0.15) is 26.2 Å². The van der Waals surface area contributed by atoms with Crippen molar-refractivity contribution in [3.8, 4) is 0 Å². The minimum atomic E-state index is 0.200. The Morgan fingerprint density at radius 3 is 2.73 bits per heavy atom. The molecule has 0 spiro atoms. The normalized spacial score (nSPS) is 12.5. The van der Waals surface area contributed by atoms with E-state index in [1.807, 2.05) is 7.05 Å². The second kappa shape index (κ2) is 8.68. The second-order valence-electron chi connectivity index (χ2n) is 4.04. The summed E-state index contributed by atoms with van der Waals surface area (Å²) in [7, 11) is 3.51. The molecule has 0 aliphatic carbocycles. The first-order valence-electron chi connectivity index (χ1n) is 5.54. The Morgan fingerprint density at radius 2 is 2.20 bits per heavy atom. The molecule has 0 saturated heterocycles. The number of amides is 1. The first kappa shape index (κ1) is 14.4. The maximum absolute atomic E-state index is 11.6. The number of ether oxygens (including phenoxy) is 1. The number of carbonyl (C=O) groups is 1. The molecule has 90 valence electrons. The monoisotopic (exact) mass is 216 g/mol. The quantitative estimate of drug-likeness (QED) is 0.612. The SMILES string of the molecule is COCCCN(C)C(=O)CCC(C)CN. The maximum Gasteiger partial charge on any atom is 0.222 e. The standard InChI is InChI=1S/C11H24N2O2/c1-10(9-12)5-6-11(14)13(2)7-4-8-15-3/h10H,4-9,12H2,1-3H3. The van der Waals surface area contributed by atoms with Gasteiger partial charge < -0.3 is 15.4 Å². The molecule has 0 rings (SSSR count). The van der Waals surface area contributed by atoms with Crippen LogP contribution in [0.15, 0.2) is 0 Å². The Morgan fingerprint density at radius 1 is 1.53 bits per heavy atom. The summed E-state index contributed by atoms with van der Waals surface area (Å²) in [6.07, 6.45) is 2.37. The summed E-state index contributed by atoms with van der Waals surface area (Å²) in [5, 5.41) is 0. The van der Waals surface area contributed by atoms with E-state index in [4.69, 9.17) is 10.5 Å². The van der Waals surface area contributed by atoms with Crippen molar-refractivity contribution in [1.29, 1.82) is 0 Å². The van der Waals surface area contributed by atoms with E-state index in [1.165, 1.54) is 0 Å². The molecule has 0 bridgehead atoms. The zero-order valence-corrected chi connectivity index (χ0v) is 10.2. The molecule has 1 unspecified atom stereocenters. The van der Waals surface area contributed by atoms with E-state index in [2.05, 4.69) is 6.92 Å². The molecule has 0 aromatic heterocycles. The molecule has 4 heteroatoms. The van der Waals surface area contributed by atoms with Crippen LogP contribution >= 0.6 is 0 Å². The van der Waals surface area contributed by atoms with Crippen molar-refractivity contribution < 1.29 is 9.53 Å². The Labute approximate surface area is 92.8 Å². The van der Waals surface area contributed by atoms with E-state index in [0.717, 1.165) is 19.4 Å². The number of hydrogen-bond donors (Lipinski definition) is 1. The lowest BCUT2D eigenvalue weighted by Gasteiger charge is -2.17. The van der Waals surface area contributed by atoms with Crippen LogP contribution < -0.4 is 5.73 Å². The minimum absolute atomic E-state index is 0.200. The number of nitrogens with zero attached hydrogens (tertiary/aromatic N) is 1. The molecule has 0 heterocycles. The molecule has 0 fully saturated rings. The van der Waals surface area contributed by atoms with Crippen molar-refractivity contribution >= 4 is 5.91 Å². The van der Waals surface area contributed by atoms with Gasteiger partial charge in [-0.25, -0.2) is 0 Å². The molecular weight excluding hydrogens is 192 g/mol. The van der Waals surface area contributed by atoms with E-state index in [9.17, 15) is 4.79 Å². The molecule has 15 heavy (non-hydrogen) atoms. The highest BCUT2D eigenvalue weighted by Gasteiger charge is 2.09. The van der Waals surface area contributed by atoms with Crippen LogP contribution in [-0.4, -0.2) is 44.7 Å². The Bertz CT molecular complexity index is 174. The van der Waals surface area contributed by atoms with Crippen molar-refractivity contribution in [2.24, 2.45) is 11.7 Å². The average molecular weight is 216 g/mol. The van der Waals surface area contributed by atoms with E-state index < -0.39 is 0 Å². The lowest BCUT2D eigenvalue weighted by atomic mass is 10.1. The summed E-state index contributed by atoms with van der Waals surface area (Å²) in [4.78, 5) is 13.4. The van der Waals surface area contributed by atoms with Gasteiger partial charge in [0.05, 0.1) is 0 Å². The van der Waals surface area contributed by atoms with Crippen LogP contribution in [0.2, 0.25) is 0 Å². The van der Waals surface area contributed by atoms with Gasteiger partial charge in [0.1, 0.15) is 0 Å². The summed E-state index contributed by atoms with van der Waals surface area (Å²) >= 11 is 0. The van der Waals surface area contributed by atoms with Crippen LogP contribution in [0, 0.1) is 5.92 Å². The highest BCUT2D eigenvalue weighted by molar-refractivity contribution is 5.75. The Balaban J connectivity index is 3.60. The number of methoxy groups -OCH3 is 1. The summed E-state index contributed by atoms with van der Waals surface area (Å²) in [5.41, 5.74) is 5.49. The van der Waals surface area contributed by atoms with Crippen molar-refractivity contribution in [2.75, 3.05) is 33.9 Å². The van der Waals surface area contributed by atoms with Crippen LogP contribution in [0.4, 0.5) is 0 Å². The zero-order valence-electron chi connectivity index (χ0n) is 10.2. The van der Waals surface area contributed by atoms with E-state index in [-0.39, 0.29) is 5.91 Å². The topological polar surface area (TPSA) is 55.6 Å². The van der Waals surface area contributed by atoms with Gasteiger partial charge in [-0.3, -0.25) is 4.79 Å². The largest absolute Gasteiger partial charge is 0.385 e. The molecule has 1 atom stereocenters. The van der Waals surface area contributed by atoms with Crippen LogP contribution in [-0.2, 0) is 9.53 Å². The van der Waals surface area contributed by atoms with Crippen molar-refractivity contribution in [3.05, 3.63) is 0 Å². The minimum Gasteiger partial charge on any atom is -0.385 e. The smallest absolute Gasteiger partial charge is 0.222 e. The molecule has 0 aromatic carbocycles. The van der Waals surface area contributed by atoms with Gasteiger partial charge in [-0.2, -0.15) is 0 Å². The zero-order chi connectivity index (χ0) is 11.7. The highest BCUT2D eigenvalue weighted by atomic mass is 16.5. The number of nitrogens with two attached hydrogens (primary N) is 1. The maximum atomic E-state index is 11.6. The molecule has 1 amide bonds. The lowest BCUT2D eigenvalue weighted by Crippen LogP contribution is -2.28. The van der Waals surface area contributed by atoms with Gasteiger partial charge >= 0.3 is 0 Å². The lowest BCUT2D eigenvalue weighted by molar-refractivity contribution is -0.130. The van der Waals surface area contributed by atoms with Crippen LogP contribution in [0.25, 0.3) is 0 Å². The third-order valence-corrected chi connectivity index (χ3v) is 2.52. The first-order chi connectivity index (χ1) is 7.11. The fraction of sp³-hybridized carbons (Fsp3) is 0.909. The summed E-state index contributed by atoms with van der Waals surface area (Å²) in [6.45, 7) is 4.19. The van der Waals surface area contributed by atoms with Gasteiger partial charge in [-0.1, -0.05) is 6.92 Å². The van der Waals surface area contributed by atoms with E-state index >= 15 is 0 Å². The van der Waals surface area contributed by atoms with Gasteiger partial charge in [0, 0.05) is 33.7 Å². The molecule has 4 nitrogen and oxygen atoms in total. The molecule has 2 N–H and O–H groups in total. The van der Waals surface area contributed by atoms with Crippen LogP contribution in [0.5, 0.6) is 0 Å². The predicted molar refractivity (Wildman–Crippen MR) is 61.6 cm³/mol.